The lowest BCUT2D eigenvalue weighted by Crippen LogP contribution is -2.44. The molecule has 4 aliphatic rings. The topological polar surface area (TPSA) is 209 Å². The fourth-order valence-electron chi connectivity index (χ4n) is 7.57. The first kappa shape index (κ1) is 47.1. The molecule has 332 valence electrons. The number of nitrogens with zero attached hydrogens (tertiary/aromatic N) is 1. The Bertz CT molecular complexity index is 2590. The van der Waals surface area contributed by atoms with Gasteiger partial charge in [-0.3, -0.25) is 9.59 Å². The molecule has 2 saturated carbocycles. The van der Waals surface area contributed by atoms with Crippen molar-refractivity contribution in [3.05, 3.63) is 118 Å². The number of carbonyl (C=O) groups excluding carboxylic acids is 1. The number of aliphatic carboxylic acids is 2. The Kier molecular flexibility index (Phi) is 14.0. The third-order valence-corrected chi connectivity index (χ3v) is 17.3. The molecule has 0 saturated heterocycles. The summed E-state index contributed by atoms with van der Waals surface area (Å²) in [6.45, 7) is 7.93. The molecular weight excluding hydrogens is 896 g/mol. The van der Waals surface area contributed by atoms with Crippen LogP contribution in [-0.2, 0) is 34.4 Å². The SMILES string of the molecule is CC(C)(C)OC(=O)N1CC=C(c2ccc(S(=O)(=O)N[C@@]3(C(=O)O)C[C@@H]3c3ccccc3)s2)CC1.Cl.O=C(O)[C@]1(NS(=O)(=O)c2ccc(C3=CCNCC3)s2)C[C@@H]1c1ccccc1. The van der Waals surface area contributed by atoms with Crippen LogP contribution in [-0.4, -0.2) is 92.8 Å². The second-order valence-electron chi connectivity index (χ2n) is 16.4. The molecule has 0 radical (unpaired) electrons. The Balaban J connectivity index is 0.000000209. The molecule has 2 aromatic carbocycles. The van der Waals surface area contributed by atoms with E-state index in [0.717, 1.165) is 62.9 Å². The van der Waals surface area contributed by atoms with Gasteiger partial charge in [0.25, 0.3) is 20.0 Å². The van der Waals surface area contributed by atoms with Crippen molar-refractivity contribution >= 4 is 84.3 Å². The van der Waals surface area contributed by atoms with Crippen molar-refractivity contribution in [1.82, 2.24) is 19.7 Å². The van der Waals surface area contributed by atoms with Gasteiger partial charge >= 0.3 is 18.0 Å². The van der Waals surface area contributed by atoms with E-state index in [-0.39, 0.29) is 45.7 Å². The lowest BCUT2D eigenvalue weighted by atomic mass is 10.1. The van der Waals surface area contributed by atoms with Crippen molar-refractivity contribution in [2.24, 2.45) is 0 Å². The summed E-state index contributed by atoms with van der Waals surface area (Å²) >= 11 is 2.28. The van der Waals surface area contributed by atoms with E-state index < -0.39 is 54.6 Å². The van der Waals surface area contributed by atoms with Gasteiger partial charge in [-0.1, -0.05) is 72.8 Å². The third kappa shape index (κ3) is 10.3. The van der Waals surface area contributed by atoms with Gasteiger partial charge in [-0.25, -0.2) is 21.6 Å². The fourth-order valence-corrected chi connectivity index (χ4v) is 13.1. The van der Waals surface area contributed by atoms with Crippen molar-refractivity contribution in [2.45, 2.75) is 83.4 Å². The van der Waals surface area contributed by atoms with Gasteiger partial charge in [0, 0.05) is 41.2 Å². The van der Waals surface area contributed by atoms with Crippen LogP contribution in [0.4, 0.5) is 4.79 Å². The molecule has 0 spiro atoms. The molecule has 2 aliphatic carbocycles. The lowest BCUT2D eigenvalue weighted by Gasteiger charge is -2.29. The maximum absolute atomic E-state index is 13.1. The van der Waals surface area contributed by atoms with Crippen molar-refractivity contribution in [1.29, 1.82) is 0 Å². The van der Waals surface area contributed by atoms with Crippen LogP contribution in [0.1, 0.15) is 79.2 Å². The summed E-state index contributed by atoms with van der Waals surface area (Å²) in [6, 6.07) is 24.8. The Morgan fingerprint density at radius 3 is 1.58 bits per heavy atom. The average Bonchev–Trinajstić information content (AvgIpc) is 3.93. The Labute approximate surface area is 375 Å². The predicted octanol–water partition coefficient (Wildman–Crippen LogP) is 6.90. The van der Waals surface area contributed by atoms with Crippen LogP contribution in [0.15, 0.2) is 105 Å². The number of carboxylic acid groups (broad SMARTS) is 2. The van der Waals surface area contributed by atoms with E-state index in [1.807, 2.05) is 87.5 Å². The number of ether oxygens (including phenoxy) is 1. The number of hydrogen-bond acceptors (Lipinski definition) is 11. The second-order valence-corrected chi connectivity index (χ2v) is 22.4. The molecule has 0 unspecified atom stereocenters. The minimum atomic E-state index is -4.03. The standard InChI is InChI=1S/C24H28N2O6S2.C19H20N2O4S2.ClH/c1-23(2,3)32-22(29)26-13-11-17(12-14-26)19-9-10-20(33-19)34(30,31)25-24(21(27)28)15-18(24)16-7-5-4-6-8-16;22-18(23)19(12-15(19)13-4-2-1-3-5-13)21-27(24,25)17-7-6-16(26-17)14-8-10-20-11-9-14;/h4-11,18,25H,12-15H2,1-3H3,(H,27,28);1-8,15,20-21H,9-12H2,(H,22,23);1H/t18-,24+;15-,19+;/m11./s1. The quantitative estimate of drug-likeness (QED) is 0.0988. The minimum Gasteiger partial charge on any atom is -0.480 e. The zero-order valence-corrected chi connectivity index (χ0v) is 38.3. The molecule has 2 aliphatic heterocycles. The zero-order chi connectivity index (χ0) is 43.8. The van der Waals surface area contributed by atoms with E-state index in [2.05, 4.69) is 20.8 Å². The molecule has 4 aromatic rings. The monoisotopic (exact) mass is 944 g/mol. The number of sulfonamides is 2. The van der Waals surface area contributed by atoms with Gasteiger partial charge in [-0.2, -0.15) is 9.44 Å². The van der Waals surface area contributed by atoms with Crippen molar-refractivity contribution in [3.63, 3.8) is 0 Å². The van der Waals surface area contributed by atoms with Crippen molar-refractivity contribution in [3.8, 4) is 0 Å². The van der Waals surface area contributed by atoms with Gasteiger partial charge in [0.05, 0.1) is 0 Å². The maximum atomic E-state index is 13.1. The van der Waals surface area contributed by atoms with E-state index >= 15 is 0 Å². The number of nitrogens with one attached hydrogen (secondary N) is 3. The highest BCUT2D eigenvalue weighted by Gasteiger charge is 2.64. The van der Waals surface area contributed by atoms with Crippen LogP contribution in [0, 0.1) is 0 Å². The molecule has 2 fully saturated rings. The van der Waals surface area contributed by atoms with E-state index in [1.54, 1.807) is 23.1 Å². The molecule has 4 heterocycles. The molecule has 8 rings (SSSR count). The Morgan fingerprint density at radius 2 is 1.19 bits per heavy atom. The molecule has 4 atom stereocenters. The zero-order valence-electron chi connectivity index (χ0n) is 34.2. The minimum absolute atomic E-state index is 0. The summed E-state index contributed by atoms with van der Waals surface area (Å²) in [4.78, 5) is 39.5. The smallest absolute Gasteiger partial charge is 0.410 e. The van der Waals surface area contributed by atoms with E-state index in [1.165, 1.54) is 17.4 Å². The number of hydrogen-bond donors (Lipinski definition) is 5. The van der Waals surface area contributed by atoms with Crippen LogP contribution in [0.2, 0.25) is 0 Å². The third-order valence-electron chi connectivity index (χ3n) is 11.0. The van der Waals surface area contributed by atoms with E-state index in [4.69, 9.17) is 4.74 Å². The van der Waals surface area contributed by atoms with Gasteiger partial charge in [0.2, 0.25) is 0 Å². The number of halogens is 1. The average molecular weight is 946 g/mol. The molecule has 1 amide bonds. The molecule has 14 nitrogen and oxygen atoms in total. The van der Waals surface area contributed by atoms with Crippen LogP contribution >= 0.6 is 35.1 Å². The molecule has 2 aromatic heterocycles. The van der Waals surface area contributed by atoms with Crippen molar-refractivity contribution in [2.75, 3.05) is 26.2 Å². The first-order valence-corrected chi connectivity index (χ1v) is 24.4. The highest BCUT2D eigenvalue weighted by Crippen LogP contribution is 2.53. The van der Waals surface area contributed by atoms with Gasteiger partial charge in [-0.05, 0) is 99.5 Å². The number of carbonyl (C=O) groups is 3. The van der Waals surface area contributed by atoms with Gasteiger partial charge in [0.15, 0.2) is 0 Å². The van der Waals surface area contributed by atoms with Gasteiger partial charge < -0.3 is 25.2 Å². The van der Waals surface area contributed by atoms with Gasteiger partial charge in [-0.15, -0.1) is 35.1 Å². The second kappa shape index (κ2) is 18.4. The number of carboxylic acids is 2. The fraction of sp³-hybridized carbons (Fsp3) is 0.372. The molecule has 5 N–H and O–H groups in total. The number of thiophene rings is 2. The highest BCUT2D eigenvalue weighted by molar-refractivity contribution is 7.92. The molecule has 0 bridgehead atoms. The largest absolute Gasteiger partial charge is 0.480 e. The van der Waals surface area contributed by atoms with E-state index in [0.29, 0.717) is 19.5 Å². The lowest BCUT2D eigenvalue weighted by molar-refractivity contribution is -0.141. The highest BCUT2D eigenvalue weighted by atomic mass is 35.5. The normalized spacial score (nSPS) is 23.4. The number of benzene rings is 2. The Morgan fingerprint density at radius 1 is 0.726 bits per heavy atom. The van der Waals surface area contributed by atoms with Crippen LogP contribution < -0.4 is 14.8 Å². The summed E-state index contributed by atoms with van der Waals surface area (Å²) in [7, 11) is -7.94. The summed E-state index contributed by atoms with van der Waals surface area (Å²) in [6.07, 6.45) is 5.46. The number of rotatable bonds is 12. The Hall–Kier alpha value is -4.40. The first-order valence-electron chi connectivity index (χ1n) is 19.8. The summed E-state index contributed by atoms with van der Waals surface area (Å²) in [5.74, 6) is -3.10. The maximum Gasteiger partial charge on any atom is 0.410 e. The van der Waals surface area contributed by atoms with E-state index in [9.17, 15) is 41.4 Å². The first-order chi connectivity index (χ1) is 28.8. The molecular formula is C43H49ClN4O10S4. The van der Waals surface area contributed by atoms with Crippen molar-refractivity contribution < 1.29 is 46.2 Å². The number of amides is 1. The predicted molar refractivity (Wildman–Crippen MR) is 241 cm³/mol. The summed E-state index contributed by atoms with van der Waals surface area (Å²) in [5, 5.41) is 22.8. The molecule has 19 heteroatoms. The van der Waals surface area contributed by atoms with Gasteiger partial charge in [0.1, 0.15) is 25.1 Å². The van der Waals surface area contributed by atoms with Crippen LogP contribution in [0.3, 0.4) is 0 Å². The summed E-state index contributed by atoms with van der Waals surface area (Å²) < 4.78 is 62.5. The molecule has 62 heavy (non-hydrogen) atoms. The summed E-state index contributed by atoms with van der Waals surface area (Å²) in [5.41, 5.74) is 0.116. The van der Waals surface area contributed by atoms with Crippen LogP contribution in [0.5, 0.6) is 0 Å². The van der Waals surface area contributed by atoms with Crippen LogP contribution in [0.25, 0.3) is 11.1 Å².